The molecule has 0 aromatic heterocycles. The Morgan fingerprint density at radius 1 is 1.61 bits per heavy atom. The van der Waals surface area contributed by atoms with Gasteiger partial charge in [-0.1, -0.05) is 6.08 Å². The molecule has 94 valence electrons. The highest BCUT2D eigenvalue weighted by atomic mass is 32.2. The van der Waals surface area contributed by atoms with Crippen molar-refractivity contribution in [3.05, 3.63) is 36.4 Å². The summed E-state index contributed by atoms with van der Waals surface area (Å²) in [7, 11) is 0. The van der Waals surface area contributed by atoms with Crippen LogP contribution in [0.1, 0.15) is 17.3 Å². The molecular formula is C13H14N2O2S. The SMILES string of the molecule is C=CCNC(=O)c1ccc2c(c1)NC(=O)C(C)S2. The third-order valence-corrected chi connectivity index (χ3v) is 3.76. The zero-order valence-corrected chi connectivity index (χ0v) is 10.8. The minimum atomic E-state index is -0.171. The van der Waals surface area contributed by atoms with E-state index in [9.17, 15) is 9.59 Å². The van der Waals surface area contributed by atoms with Crippen LogP contribution in [0.25, 0.3) is 0 Å². The predicted octanol–water partition coefficient (Wildman–Crippen LogP) is 2.04. The molecule has 1 heterocycles. The Morgan fingerprint density at radius 2 is 2.39 bits per heavy atom. The van der Waals surface area contributed by atoms with Crippen molar-refractivity contribution in [3.8, 4) is 0 Å². The van der Waals surface area contributed by atoms with Crippen molar-refractivity contribution >= 4 is 29.3 Å². The van der Waals surface area contributed by atoms with E-state index in [4.69, 9.17) is 0 Å². The number of carbonyl (C=O) groups excluding carboxylic acids is 2. The van der Waals surface area contributed by atoms with Crippen LogP contribution in [-0.4, -0.2) is 23.6 Å². The average molecular weight is 262 g/mol. The van der Waals surface area contributed by atoms with Gasteiger partial charge in [-0.05, 0) is 25.1 Å². The summed E-state index contributed by atoms with van der Waals surface area (Å²) >= 11 is 1.50. The minimum Gasteiger partial charge on any atom is -0.349 e. The van der Waals surface area contributed by atoms with Crippen LogP contribution < -0.4 is 10.6 Å². The number of carbonyl (C=O) groups is 2. The Hall–Kier alpha value is -1.75. The van der Waals surface area contributed by atoms with Gasteiger partial charge in [0.05, 0.1) is 10.9 Å². The average Bonchev–Trinajstić information content (AvgIpc) is 2.36. The summed E-state index contributed by atoms with van der Waals surface area (Å²) in [6, 6.07) is 5.32. The van der Waals surface area contributed by atoms with Gasteiger partial charge in [0.1, 0.15) is 0 Å². The molecule has 1 aromatic carbocycles. The standard InChI is InChI=1S/C13H14N2O2S/c1-3-6-14-13(17)9-4-5-11-10(7-9)15-12(16)8(2)18-11/h3-5,7-8H,1,6H2,2H3,(H,14,17)(H,15,16). The molecule has 1 aliphatic heterocycles. The van der Waals surface area contributed by atoms with E-state index in [1.54, 1.807) is 18.2 Å². The van der Waals surface area contributed by atoms with E-state index in [0.717, 1.165) is 4.90 Å². The molecule has 0 spiro atoms. The van der Waals surface area contributed by atoms with E-state index < -0.39 is 0 Å². The normalized spacial score (nSPS) is 17.6. The maximum Gasteiger partial charge on any atom is 0.251 e. The summed E-state index contributed by atoms with van der Waals surface area (Å²) in [5.74, 6) is -0.202. The van der Waals surface area contributed by atoms with Crippen LogP contribution in [0.15, 0.2) is 35.7 Å². The molecule has 1 atom stereocenters. The van der Waals surface area contributed by atoms with Crippen molar-refractivity contribution in [1.82, 2.24) is 5.32 Å². The summed E-state index contributed by atoms with van der Waals surface area (Å²) < 4.78 is 0. The topological polar surface area (TPSA) is 58.2 Å². The van der Waals surface area contributed by atoms with Crippen LogP contribution in [0.5, 0.6) is 0 Å². The molecule has 18 heavy (non-hydrogen) atoms. The van der Waals surface area contributed by atoms with Gasteiger partial charge in [0.25, 0.3) is 5.91 Å². The zero-order valence-electron chi connectivity index (χ0n) is 10.0. The number of thioether (sulfide) groups is 1. The first kappa shape index (κ1) is 12.7. The van der Waals surface area contributed by atoms with Gasteiger partial charge >= 0.3 is 0 Å². The predicted molar refractivity (Wildman–Crippen MR) is 72.9 cm³/mol. The van der Waals surface area contributed by atoms with Crippen LogP contribution in [0.4, 0.5) is 5.69 Å². The van der Waals surface area contributed by atoms with Crippen LogP contribution in [0.3, 0.4) is 0 Å². The van der Waals surface area contributed by atoms with Gasteiger partial charge in [-0.15, -0.1) is 18.3 Å². The molecule has 1 unspecified atom stereocenters. The van der Waals surface area contributed by atoms with Crippen LogP contribution in [-0.2, 0) is 4.79 Å². The molecule has 0 aliphatic carbocycles. The van der Waals surface area contributed by atoms with E-state index in [1.807, 2.05) is 13.0 Å². The third-order valence-electron chi connectivity index (χ3n) is 2.58. The maximum atomic E-state index is 11.8. The fraction of sp³-hybridized carbons (Fsp3) is 0.231. The van der Waals surface area contributed by atoms with Crippen LogP contribution in [0, 0.1) is 0 Å². The lowest BCUT2D eigenvalue weighted by Gasteiger charge is -2.21. The highest BCUT2D eigenvalue weighted by Crippen LogP contribution is 2.35. The van der Waals surface area contributed by atoms with Gasteiger partial charge < -0.3 is 10.6 Å². The Balaban J connectivity index is 2.22. The Kier molecular flexibility index (Phi) is 3.72. The Bertz CT molecular complexity index is 514. The second-order valence-electron chi connectivity index (χ2n) is 3.96. The van der Waals surface area contributed by atoms with E-state index >= 15 is 0 Å². The molecule has 0 saturated heterocycles. The lowest BCUT2D eigenvalue weighted by atomic mass is 10.1. The van der Waals surface area contributed by atoms with E-state index in [-0.39, 0.29) is 17.1 Å². The summed E-state index contributed by atoms with van der Waals surface area (Å²) in [5, 5.41) is 5.40. The molecule has 4 nitrogen and oxygen atoms in total. The van der Waals surface area contributed by atoms with Gasteiger partial charge in [0.15, 0.2) is 0 Å². The molecule has 0 saturated carbocycles. The van der Waals surface area contributed by atoms with E-state index in [0.29, 0.717) is 17.8 Å². The number of hydrogen-bond acceptors (Lipinski definition) is 3. The second-order valence-corrected chi connectivity index (χ2v) is 5.34. The van der Waals surface area contributed by atoms with Gasteiger partial charge in [-0.25, -0.2) is 0 Å². The summed E-state index contributed by atoms with van der Waals surface area (Å²) in [6.45, 7) is 5.82. The van der Waals surface area contributed by atoms with Crippen LogP contribution in [0.2, 0.25) is 0 Å². The van der Waals surface area contributed by atoms with Crippen molar-refractivity contribution in [2.75, 3.05) is 11.9 Å². The molecule has 1 aliphatic rings. The van der Waals surface area contributed by atoms with Gasteiger partial charge in [-0.2, -0.15) is 0 Å². The summed E-state index contributed by atoms with van der Waals surface area (Å²) in [5.41, 5.74) is 1.24. The summed E-state index contributed by atoms with van der Waals surface area (Å²) in [6.07, 6.45) is 1.62. The van der Waals surface area contributed by atoms with E-state index in [2.05, 4.69) is 17.2 Å². The quantitative estimate of drug-likeness (QED) is 0.819. The molecule has 2 rings (SSSR count). The molecule has 0 radical (unpaired) electrons. The van der Waals surface area contributed by atoms with Gasteiger partial charge in [0.2, 0.25) is 5.91 Å². The highest BCUT2D eigenvalue weighted by molar-refractivity contribution is 8.00. The van der Waals surface area contributed by atoms with Gasteiger partial charge in [-0.3, -0.25) is 9.59 Å². The lowest BCUT2D eigenvalue weighted by molar-refractivity contribution is -0.115. The largest absolute Gasteiger partial charge is 0.349 e. The first-order chi connectivity index (χ1) is 8.61. The van der Waals surface area contributed by atoms with Crippen molar-refractivity contribution in [2.45, 2.75) is 17.1 Å². The number of amides is 2. The first-order valence-electron chi connectivity index (χ1n) is 5.62. The van der Waals surface area contributed by atoms with Crippen molar-refractivity contribution < 1.29 is 9.59 Å². The van der Waals surface area contributed by atoms with Crippen molar-refractivity contribution in [3.63, 3.8) is 0 Å². The minimum absolute atomic E-state index is 0.0313. The molecule has 2 N–H and O–H groups in total. The number of anilines is 1. The maximum absolute atomic E-state index is 11.8. The summed E-state index contributed by atoms with van der Waals surface area (Å²) in [4.78, 5) is 24.3. The van der Waals surface area contributed by atoms with Crippen molar-refractivity contribution in [1.29, 1.82) is 0 Å². The third kappa shape index (κ3) is 2.56. The highest BCUT2D eigenvalue weighted by Gasteiger charge is 2.23. The fourth-order valence-corrected chi connectivity index (χ4v) is 2.55. The molecule has 1 aromatic rings. The molecular weight excluding hydrogens is 248 g/mol. The van der Waals surface area contributed by atoms with E-state index in [1.165, 1.54) is 11.8 Å². The fourth-order valence-electron chi connectivity index (χ4n) is 1.62. The molecule has 5 heteroatoms. The van der Waals surface area contributed by atoms with Crippen molar-refractivity contribution in [2.24, 2.45) is 0 Å². The second kappa shape index (κ2) is 5.27. The number of nitrogens with one attached hydrogen (secondary N) is 2. The number of fused-ring (bicyclic) bond motifs is 1. The lowest BCUT2D eigenvalue weighted by Crippen LogP contribution is -2.27. The number of rotatable bonds is 3. The first-order valence-corrected chi connectivity index (χ1v) is 6.50. The van der Waals surface area contributed by atoms with Crippen LogP contribution >= 0.6 is 11.8 Å². The molecule has 0 fully saturated rings. The Morgan fingerprint density at radius 3 is 3.11 bits per heavy atom. The Labute approximate surface area is 110 Å². The smallest absolute Gasteiger partial charge is 0.251 e. The monoisotopic (exact) mass is 262 g/mol. The molecule has 0 bridgehead atoms. The zero-order chi connectivity index (χ0) is 13.1. The number of benzene rings is 1. The van der Waals surface area contributed by atoms with Gasteiger partial charge in [0, 0.05) is 17.0 Å². The number of hydrogen-bond donors (Lipinski definition) is 2. The molecule has 2 amide bonds.